The van der Waals surface area contributed by atoms with Crippen LogP contribution in [0.1, 0.15) is 22.3 Å². The van der Waals surface area contributed by atoms with Gasteiger partial charge in [0.2, 0.25) is 0 Å². The molecule has 2 bridgehead atoms. The van der Waals surface area contributed by atoms with Crippen LogP contribution in [-0.2, 0) is 6.54 Å². The van der Waals surface area contributed by atoms with E-state index in [1.807, 2.05) is 24.3 Å². The molecule has 2 aromatic carbocycles. The summed E-state index contributed by atoms with van der Waals surface area (Å²) in [5.74, 6) is 1.27. The van der Waals surface area contributed by atoms with Gasteiger partial charge in [-0.05, 0) is 36.1 Å². The molecule has 5 heteroatoms. The molecule has 130 valence electrons. The summed E-state index contributed by atoms with van der Waals surface area (Å²) in [6.45, 7) is 2.03. The molecular formula is C20H19Br2NO2. The summed E-state index contributed by atoms with van der Waals surface area (Å²) in [6.07, 6.45) is 1.99. The van der Waals surface area contributed by atoms with Crippen molar-refractivity contribution in [2.75, 3.05) is 6.54 Å². The molecule has 0 amide bonds. The number of likely N-dealkylation sites (tertiary alicyclic amines) is 1. The maximum atomic E-state index is 11.4. The lowest BCUT2D eigenvalue weighted by Crippen LogP contribution is -2.44. The highest BCUT2D eigenvalue weighted by Gasteiger charge is 2.52. The van der Waals surface area contributed by atoms with Gasteiger partial charge in [0.15, 0.2) is 6.29 Å². The average Bonchev–Trinajstić information content (AvgIpc) is 3.08. The topological polar surface area (TPSA) is 29.5 Å². The van der Waals surface area contributed by atoms with Gasteiger partial charge in [-0.25, -0.2) is 0 Å². The van der Waals surface area contributed by atoms with Gasteiger partial charge in [0.1, 0.15) is 11.9 Å². The highest BCUT2D eigenvalue weighted by Crippen LogP contribution is 2.44. The fourth-order valence-corrected chi connectivity index (χ4v) is 5.51. The Morgan fingerprint density at radius 1 is 1.20 bits per heavy atom. The van der Waals surface area contributed by atoms with E-state index in [2.05, 4.69) is 61.0 Å². The zero-order valence-electron chi connectivity index (χ0n) is 13.6. The first-order valence-corrected chi connectivity index (χ1v) is 10.2. The van der Waals surface area contributed by atoms with Crippen molar-refractivity contribution >= 4 is 38.1 Å². The van der Waals surface area contributed by atoms with Crippen LogP contribution in [0, 0.1) is 5.92 Å². The largest absolute Gasteiger partial charge is 0.488 e. The van der Waals surface area contributed by atoms with Gasteiger partial charge in [0.05, 0.1) is 11.6 Å². The standard InChI is InChI=1S/C20H19Br2NO2/c21-16-6-7-17(15(8-16)12-24)25-18-9-14-11-23(20(18)19(14)22)10-13-4-2-1-3-5-13/h1-8,12,14,18-20H,9-11H2/t14-,18-,19-,20+/m0/s1. The first kappa shape index (κ1) is 17.3. The molecule has 0 spiro atoms. The Kier molecular flexibility index (Phi) is 4.98. The Hall–Kier alpha value is -1.17. The molecule has 2 aliphatic rings. The maximum absolute atomic E-state index is 11.4. The van der Waals surface area contributed by atoms with E-state index in [0.29, 0.717) is 28.1 Å². The van der Waals surface area contributed by atoms with Gasteiger partial charge < -0.3 is 4.74 Å². The number of carbonyl (C=O) groups excluding carboxylic acids is 1. The average molecular weight is 465 g/mol. The van der Waals surface area contributed by atoms with Crippen LogP contribution in [-0.4, -0.2) is 34.7 Å². The van der Waals surface area contributed by atoms with E-state index in [-0.39, 0.29) is 6.10 Å². The van der Waals surface area contributed by atoms with Crippen LogP contribution in [0.4, 0.5) is 0 Å². The van der Waals surface area contributed by atoms with E-state index in [4.69, 9.17) is 4.74 Å². The second kappa shape index (κ2) is 7.22. The zero-order chi connectivity index (χ0) is 17.4. The fourth-order valence-electron chi connectivity index (χ4n) is 4.07. The number of rotatable bonds is 5. The number of halogens is 2. The smallest absolute Gasteiger partial charge is 0.153 e. The predicted octanol–water partition coefficient (Wildman–Crippen LogP) is 4.68. The second-order valence-electron chi connectivity index (χ2n) is 6.80. The second-order valence-corrected chi connectivity index (χ2v) is 8.78. The van der Waals surface area contributed by atoms with Crippen molar-refractivity contribution in [3.05, 3.63) is 64.1 Å². The first-order valence-electron chi connectivity index (χ1n) is 8.49. The van der Waals surface area contributed by atoms with E-state index in [9.17, 15) is 4.79 Å². The number of carbonyl (C=O) groups is 1. The molecule has 2 fully saturated rings. The van der Waals surface area contributed by atoms with Crippen molar-refractivity contribution in [2.45, 2.75) is 29.9 Å². The Morgan fingerprint density at radius 2 is 2.00 bits per heavy atom. The number of nitrogens with zero attached hydrogens (tertiary/aromatic N) is 1. The lowest BCUT2D eigenvalue weighted by Gasteiger charge is -2.33. The van der Waals surface area contributed by atoms with E-state index in [1.165, 1.54) is 5.56 Å². The summed E-state index contributed by atoms with van der Waals surface area (Å²) in [6, 6.07) is 16.5. The normalized spacial score (nSPS) is 28.2. The molecule has 0 N–H and O–H groups in total. The SMILES string of the molecule is O=Cc1cc(Br)ccc1O[C@H]1C[C@H]2CN(Cc3ccccc3)[C@H]1[C@H]2Br. The number of piperidine rings is 1. The van der Waals surface area contributed by atoms with Crippen molar-refractivity contribution in [3.63, 3.8) is 0 Å². The van der Waals surface area contributed by atoms with Crippen molar-refractivity contribution in [2.24, 2.45) is 5.92 Å². The van der Waals surface area contributed by atoms with Crippen LogP contribution >= 0.6 is 31.9 Å². The summed E-state index contributed by atoms with van der Waals surface area (Å²) in [5, 5.41) is 0. The number of ether oxygens (including phenoxy) is 1. The fraction of sp³-hybridized carbons (Fsp3) is 0.350. The lowest BCUT2D eigenvalue weighted by molar-refractivity contribution is 0.0700. The molecule has 0 radical (unpaired) electrons. The number of alkyl halides is 1. The number of fused-ring (bicyclic) bond motifs is 2. The first-order chi connectivity index (χ1) is 12.2. The molecular weight excluding hydrogens is 446 g/mol. The van der Waals surface area contributed by atoms with Gasteiger partial charge in [-0.15, -0.1) is 0 Å². The molecule has 1 saturated carbocycles. The Balaban J connectivity index is 1.53. The molecule has 0 unspecified atom stereocenters. The number of aldehydes is 1. The maximum Gasteiger partial charge on any atom is 0.153 e. The minimum atomic E-state index is 0.103. The monoisotopic (exact) mass is 463 g/mol. The summed E-state index contributed by atoms with van der Waals surface area (Å²) >= 11 is 7.30. The molecule has 25 heavy (non-hydrogen) atoms. The molecule has 3 nitrogen and oxygen atoms in total. The Labute approximate surface area is 164 Å². The summed E-state index contributed by atoms with van der Waals surface area (Å²) in [4.78, 5) is 14.3. The molecule has 1 heterocycles. The highest BCUT2D eigenvalue weighted by molar-refractivity contribution is 9.10. The van der Waals surface area contributed by atoms with Gasteiger partial charge in [0, 0.05) is 22.4 Å². The van der Waals surface area contributed by atoms with E-state index < -0.39 is 0 Å². The van der Waals surface area contributed by atoms with Gasteiger partial charge in [-0.3, -0.25) is 9.69 Å². The van der Waals surface area contributed by atoms with Crippen LogP contribution < -0.4 is 4.74 Å². The molecule has 0 aromatic heterocycles. The van der Waals surface area contributed by atoms with Crippen LogP contribution in [0.25, 0.3) is 0 Å². The molecule has 4 atom stereocenters. The van der Waals surface area contributed by atoms with Crippen molar-refractivity contribution in [1.82, 2.24) is 4.90 Å². The minimum Gasteiger partial charge on any atom is -0.488 e. The van der Waals surface area contributed by atoms with Crippen molar-refractivity contribution < 1.29 is 9.53 Å². The molecule has 1 aliphatic heterocycles. The molecule has 1 aliphatic carbocycles. The van der Waals surface area contributed by atoms with Crippen molar-refractivity contribution in [1.29, 1.82) is 0 Å². The Bertz CT molecular complexity index is 768. The summed E-state index contributed by atoms with van der Waals surface area (Å²) in [5.41, 5.74) is 1.92. The number of hydrogen-bond acceptors (Lipinski definition) is 3. The lowest BCUT2D eigenvalue weighted by atomic mass is 10.1. The summed E-state index contributed by atoms with van der Waals surface area (Å²) < 4.78 is 7.19. The van der Waals surface area contributed by atoms with Crippen LogP contribution in [0.5, 0.6) is 5.75 Å². The highest BCUT2D eigenvalue weighted by atomic mass is 79.9. The van der Waals surface area contributed by atoms with Gasteiger partial charge in [0.25, 0.3) is 0 Å². The van der Waals surface area contributed by atoms with Crippen molar-refractivity contribution in [3.8, 4) is 5.75 Å². The van der Waals surface area contributed by atoms with E-state index >= 15 is 0 Å². The third kappa shape index (κ3) is 3.42. The summed E-state index contributed by atoms with van der Waals surface area (Å²) in [7, 11) is 0. The van der Waals surface area contributed by atoms with Crippen LogP contribution in [0.3, 0.4) is 0 Å². The van der Waals surface area contributed by atoms with E-state index in [0.717, 1.165) is 30.3 Å². The third-order valence-electron chi connectivity index (χ3n) is 5.19. The quantitative estimate of drug-likeness (QED) is 0.475. The van der Waals surface area contributed by atoms with Gasteiger partial charge in [-0.2, -0.15) is 0 Å². The molecule has 4 rings (SSSR count). The van der Waals surface area contributed by atoms with Crippen LogP contribution in [0.15, 0.2) is 53.0 Å². The third-order valence-corrected chi connectivity index (χ3v) is 6.97. The van der Waals surface area contributed by atoms with E-state index in [1.54, 1.807) is 0 Å². The number of benzene rings is 2. The zero-order valence-corrected chi connectivity index (χ0v) is 16.8. The minimum absolute atomic E-state index is 0.103. The number of hydrogen-bond donors (Lipinski definition) is 0. The molecule has 2 aromatic rings. The van der Waals surface area contributed by atoms with Crippen LogP contribution in [0.2, 0.25) is 0 Å². The Morgan fingerprint density at radius 3 is 2.72 bits per heavy atom. The predicted molar refractivity (Wildman–Crippen MR) is 105 cm³/mol. The molecule has 1 saturated heterocycles. The van der Waals surface area contributed by atoms with Gasteiger partial charge in [-0.1, -0.05) is 62.2 Å². The van der Waals surface area contributed by atoms with Gasteiger partial charge >= 0.3 is 0 Å².